The monoisotopic (exact) mass is 475 g/mol. The summed E-state index contributed by atoms with van der Waals surface area (Å²) in [6.07, 6.45) is 4.40. The number of carbonyl (C=O) groups excluding carboxylic acids is 1. The van der Waals surface area contributed by atoms with Crippen molar-refractivity contribution in [3.8, 4) is 16.9 Å². The number of hydrogen-bond donors (Lipinski definition) is 1. The van der Waals surface area contributed by atoms with E-state index in [-0.39, 0.29) is 23.6 Å². The van der Waals surface area contributed by atoms with Gasteiger partial charge in [0, 0.05) is 54.2 Å². The predicted octanol–water partition coefficient (Wildman–Crippen LogP) is 4.38. The second-order valence-electron chi connectivity index (χ2n) is 8.91. The third kappa shape index (κ3) is 3.37. The fraction of sp³-hybridized carbons (Fsp3) is 0.269. The Morgan fingerprint density at radius 2 is 2.00 bits per heavy atom. The molecule has 0 saturated heterocycles. The van der Waals surface area contributed by atoms with E-state index in [1.54, 1.807) is 24.1 Å². The lowest BCUT2D eigenvalue weighted by molar-refractivity contribution is -0.0506. The van der Waals surface area contributed by atoms with Crippen molar-refractivity contribution in [1.29, 1.82) is 0 Å². The van der Waals surface area contributed by atoms with Crippen molar-refractivity contribution in [2.45, 2.75) is 31.5 Å². The van der Waals surface area contributed by atoms with E-state index in [2.05, 4.69) is 10.3 Å². The zero-order valence-electron chi connectivity index (χ0n) is 19.2. The molecule has 6 rings (SSSR count). The van der Waals surface area contributed by atoms with Gasteiger partial charge in [-0.25, -0.2) is 4.98 Å². The van der Waals surface area contributed by atoms with Gasteiger partial charge in [0.1, 0.15) is 11.4 Å². The highest BCUT2D eigenvalue weighted by Gasteiger charge is 2.46. The van der Waals surface area contributed by atoms with Crippen LogP contribution >= 0.6 is 0 Å². The van der Waals surface area contributed by atoms with Crippen LogP contribution in [-0.4, -0.2) is 45.9 Å². The van der Waals surface area contributed by atoms with Crippen molar-refractivity contribution in [3.05, 3.63) is 83.1 Å². The molecule has 3 aromatic heterocycles. The minimum Gasteiger partial charge on any atom is -0.434 e. The molecule has 4 aromatic rings. The maximum atomic E-state index is 13.3. The highest BCUT2D eigenvalue weighted by molar-refractivity contribution is 5.98. The molecule has 7 nitrogen and oxygen atoms in total. The number of nitrogens with zero attached hydrogens (tertiary/aromatic N) is 4. The van der Waals surface area contributed by atoms with E-state index < -0.39 is 6.61 Å². The summed E-state index contributed by atoms with van der Waals surface area (Å²) in [5.74, 6) is -0.494. The van der Waals surface area contributed by atoms with Crippen LogP contribution in [0.3, 0.4) is 0 Å². The minimum absolute atomic E-state index is 0.0353. The number of benzene rings is 1. The molecule has 178 valence electrons. The molecule has 1 N–H and O–H groups in total. The molecule has 1 aliphatic carbocycles. The minimum atomic E-state index is -2.98. The number of ether oxygens (including phenoxy) is 1. The third-order valence-electron chi connectivity index (χ3n) is 6.95. The summed E-state index contributed by atoms with van der Waals surface area (Å²) in [6.45, 7) is -2.30. The quantitative estimate of drug-likeness (QED) is 0.464. The molecule has 0 radical (unpaired) electrons. The molecule has 0 saturated carbocycles. The van der Waals surface area contributed by atoms with Crippen LogP contribution in [0.5, 0.6) is 5.75 Å². The first-order chi connectivity index (χ1) is 17.0. The van der Waals surface area contributed by atoms with Crippen LogP contribution in [0.1, 0.15) is 51.4 Å². The maximum absolute atomic E-state index is 13.3. The number of amides is 1. The number of carbonyl (C=O) groups is 1. The predicted molar refractivity (Wildman–Crippen MR) is 126 cm³/mol. The zero-order chi connectivity index (χ0) is 24.3. The SMILES string of the molecule is CNCc1ccc(-c2ccc3nc4c(n3c2)C2CC4N(C)C(=O)c3cccc(OC(F)F)c32)cn1. The molecule has 4 heterocycles. The number of pyridine rings is 2. The standard InChI is InChI=1S/C26H23F2N5O2/c1-29-12-16-8-6-14(11-30-16)15-7-9-21-31-23-19-10-18(24(23)33(21)13-15)22-17(25(34)32(19)2)4-3-5-20(22)35-26(27)28/h3-9,11,13,18-19,26,29H,10,12H2,1-2H3. The van der Waals surface area contributed by atoms with Crippen LogP contribution in [0, 0.1) is 0 Å². The van der Waals surface area contributed by atoms with Gasteiger partial charge >= 0.3 is 6.61 Å². The van der Waals surface area contributed by atoms with E-state index in [0.717, 1.165) is 33.9 Å². The number of aromatic nitrogens is 3. The van der Waals surface area contributed by atoms with Gasteiger partial charge in [-0.1, -0.05) is 12.1 Å². The van der Waals surface area contributed by atoms with Crippen molar-refractivity contribution in [2.24, 2.45) is 0 Å². The summed E-state index contributed by atoms with van der Waals surface area (Å²) in [4.78, 5) is 24.3. The zero-order valence-corrected chi connectivity index (χ0v) is 19.2. The van der Waals surface area contributed by atoms with Gasteiger partial charge in [-0.2, -0.15) is 8.78 Å². The molecule has 1 aromatic carbocycles. The fourth-order valence-corrected chi connectivity index (χ4v) is 5.39. The van der Waals surface area contributed by atoms with Gasteiger partial charge in [0.25, 0.3) is 5.91 Å². The van der Waals surface area contributed by atoms with Crippen molar-refractivity contribution < 1.29 is 18.3 Å². The van der Waals surface area contributed by atoms with Crippen LogP contribution in [0.15, 0.2) is 54.9 Å². The first-order valence-electron chi connectivity index (χ1n) is 11.4. The summed E-state index contributed by atoms with van der Waals surface area (Å²) >= 11 is 0. The highest BCUT2D eigenvalue weighted by Crippen LogP contribution is 2.52. The van der Waals surface area contributed by atoms with Gasteiger partial charge in [-0.3, -0.25) is 9.78 Å². The average molecular weight is 475 g/mol. The van der Waals surface area contributed by atoms with Gasteiger partial charge in [-0.15, -0.1) is 0 Å². The Morgan fingerprint density at radius 3 is 2.74 bits per heavy atom. The molecule has 0 spiro atoms. The molecule has 9 heteroatoms. The average Bonchev–Trinajstić information content (AvgIpc) is 3.37. The first kappa shape index (κ1) is 21.7. The number of nitrogens with one attached hydrogen (secondary N) is 1. The first-order valence-corrected chi connectivity index (χ1v) is 11.4. The van der Waals surface area contributed by atoms with Crippen molar-refractivity contribution in [1.82, 2.24) is 24.6 Å². The van der Waals surface area contributed by atoms with Crippen LogP contribution < -0.4 is 10.1 Å². The van der Waals surface area contributed by atoms with Crippen molar-refractivity contribution in [2.75, 3.05) is 14.1 Å². The number of alkyl halides is 2. The summed E-state index contributed by atoms with van der Waals surface area (Å²) in [5, 5.41) is 3.09. The van der Waals surface area contributed by atoms with Gasteiger partial charge in [0.15, 0.2) is 0 Å². The largest absolute Gasteiger partial charge is 0.434 e. The van der Waals surface area contributed by atoms with Crippen molar-refractivity contribution in [3.63, 3.8) is 0 Å². The molecule has 1 amide bonds. The van der Waals surface area contributed by atoms with E-state index in [4.69, 9.17) is 9.72 Å². The second kappa shape index (κ2) is 8.13. The summed E-state index contributed by atoms with van der Waals surface area (Å²) in [6, 6.07) is 12.5. The Morgan fingerprint density at radius 1 is 1.17 bits per heavy atom. The van der Waals surface area contributed by atoms with E-state index in [9.17, 15) is 13.6 Å². The molecule has 2 unspecified atom stereocenters. The third-order valence-corrected chi connectivity index (χ3v) is 6.95. The number of rotatable bonds is 5. The molecular formula is C26H23F2N5O2. The van der Waals surface area contributed by atoms with E-state index in [0.29, 0.717) is 24.1 Å². The fourth-order valence-electron chi connectivity index (χ4n) is 5.39. The summed E-state index contributed by atoms with van der Waals surface area (Å²) < 4.78 is 33.4. The lowest BCUT2D eigenvalue weighted by atomic mass is 9.91. The molecule has 2 bridgehead atoms. The van der Waals surface area contributed by atoms with E-state index >= 15 is 0 Å². The molecule has 1 aliphatic heterocycles. The Hall–Kier alpha value is -3.85. The van der Waals surface area contributed by atoms with Gasteiger partial charge in [0.05, 0.1) is 23.1 Å². The molecule has 2 atom stereocenters. The van der Waals surface area contributed by atoms with Gasteiger partial charge in [-0.05, 0) is 43.8 Å². The molecule has 35 heavy (non-hydrogen) atoms. The topological polar surface area (TPSA) is 71.8 Å². The lowest BCUT2D eigenvalue weighted by Gasteiger charge is -2.24. The number of imidazole rings is 1. The highest BCUT2D eigenvalue weighted by atomic mass is 19.3. The summed E-state index contributed by atoms with van der Waals surface area (Å²) in [7, 11) is 3.62. The van der Waals surface area contributed by atoms with Crippen LogP contribution in [0.4, 0.5) is 8.78 Å². The maximum Gasteiger partial charge on any atom is 0.387 e. The van der Waals surface area contributed by atoms with Crippen molar-refractivity contribution >= 4 is 11.6 Å². The van der Waals surface area contributed by atoms with E-state index in [1.807, 2.05) is 48.1 Å². The Kier molecular flexibility index (Phi) is 5.03. The normalized spacial score (nSPS) is 18.7. The lowest BCUT2D eigenvalue weighted by Crippen LogP contribution is -2.30. The molecular weight excluding hydrogens is 452 g/mol. The molecule has 2 aliphatic rings. The van der Waals surface area contributed by atoms with E-state index in [1.165, 1.54) is 6.07 Å². The number of hydrogen-bond acceptors (Lipinski definition) is 5. The number of halogens is 2. The van der Waals surface area contributed by atoms with Gasteiger partial charge in [0.2, 0.25) is 0 Å². The second-order valence-corrected chi connectivity index (χ2v) is 8.91. The summed E-state index contributed by atoms with van der Waals surface area (Å²) in [5.41, 5.74) is 6.19. The van der Waals surface area contributed by atoms with Crippen LogP contribution in [-0.2, 0) is 6.54 Å². The van der Waals surface area contributed by atoms with Crippen LogP contribution in [0.25, 0.3) is 16.8 Å². The Labute approximate surface area is 200 Å². The van der Waals surface area contributed by atoms with Crippen LogP contribution in [0.2, 0.25) is 0 Å². The molecule has 0 fully saturated rings. The Balaban J connectivity index is 1.52. The smallest absolute Gasteiger partial charge is 0.387 e. The van der Waals surface area contributed by atoms with Gasteiger partial charge < -0.3 is 19.4 Å². The Bertz CT molecular complexity index is 1450. The number of fused-ring (bicyclic) bond motifs is 9.